The minimum Gasteiger partial charge on any atom is -0.356 e. The van der Waals surface area contributed by atoms with Gasteiger partial charge in [0.15, 0.2) is 0 Å². The standard InChI is InChI=1S/C16H29N3O2.ClH/c1-11(2)8-14(17)16(21)19-7-3-4-13(10-19)15(20)18-9-12-5-6-12;/h11-14H,3-10,17H2,1-2H3,(H,18,20);1H/t13?,14-;/m0./s1. The molecule has 1 heterocycles. The van der Waals surface area contributed by atoms with Gasteiger partial charge in [-0.05, 0) is 43.9 Å². The van der Waals surface area contributed by atoms with Crippen LogP contribution in [0.25, 0.3) is 0 Å². The Morgan fingerprint density at radius 2 is 1.95 bits per heavy atom. The Hall–Kier alpha value is -0.810. The third kappa shape index (κ3) is 5.76. The number of piperidine rings is 1. The van der Waals surface area contributed by atoms with E-state index in [1.165, 1.54) is 12.8 Å². The summed E-state index contributed by atoms with van der Waals surface area (Å²) in [6, 6.07) is -0.432. The van der Waals surface area contributed by atoms with Gasteiger partial charge in [-0.15, -0.1) is 12.4 Å². The third-order valence-corrected chi connectivity index (χ3v) is 4.41. The maximum Gasteiger partial charge on any atom is 0.239 e. The van der Waals surface area contributed by atoms with E-state index in [0.717, 1.165) is 25.9 Å². The number of halogens is 1. The van der Waals surface area contributed by atoms with Crippen molar-refractivity contribution in [3.8, 4) is 0 Å². The molecular formula is C16H30ClN3O2. The van der Waals surface area contributed by atoms with Crippen molar-refractivity contribution in [1.82, 2.24) is 10.2 Å². The van der Waals surface area contributed by atoms with E-state index in [9.17, 15) is 9.59 Å². The van der Waals surface area contributed by atoms with Gasteiger partial charge in [-0.2, -0.15) is 0 Å². The molecule has 2 amide bonds. The van der Waals surface area contributed by atoms with Gasteiger partial charge in [0.05, 0.1) is 12.0 Å². The second-order valence-electron chi connectivity index (χ2n) is 7.05. The van der Waals surface area contributed by atoms with Crippen molar-refractivity contribution in [2.75, 3.05) is 19.6 Å². The summed E-state index contributed by atoms with van der Waals surface area (Å²) in [7, 11) is 0. The second kappa shape index (κ2) is 8.73. The number of carbonyl (C=O) groups is 2. The van der Waals surface area contributed by atoms with E-state index < -0.39 is 6.04 Å². The highest BCUT2D eigenvalue weighted by Gasteiger charge is 2.31. The van der Waals surface area contributed by atoms with Crippen LogP contribution in [0.3, 0.4) is 0 Å². The summed E-state index contributed by atoms with van der Waals surface area (Å²) >= 11 is 0. The number of nitrogens with two attached hydrogens (primary N) is 1. The van der Waals surface area contributed by atoms with Crippen LogP contribution in [0.15, 0.2) is 0 Å². The maximum absolute atomic E-state index is 12.3. The lowest BCUT2D eigenvalue weighted by Gasteiger charge is -2.34. The molecule has 0 bridgehead atoms. The quantitative estimate of drug-likeness (QED) is 0.775. The largest absolute Gasteiger partial charge is 0.356 e. The van der Waals surface area contributed by atoms with Crippen LogP contribution < -0.4 is 11.1 Å². The molecule has 1 saturated carbocycles. The monoisotopic (exact) mass is 331 g/mol. The highest BCUT2D eigenvalue weighted by atomic mass is 35.5. The number of nitrogens with zero attached hydrogens (tertiary/aromatic N) is 1. The molecule has 3 N–H and O–H groups in total. The molecule has 2 atom stereocenters. The molecule has 1 aliphatic heterocycles. The summed E-state index contributed by atoms with van der Waals surface area (Å²) in [5.41, 5.74) is 5.99. The molecule has 1 unspecified atom stereocenters. The first-order valence-corrected chi connectivity index (χ1v) is 8.29. The van der Waals surface area contributed by atoms with Crippen LogP contribution >= 0.6 is 12.4 Å². The van der Waals surface area contributed by atoms with E-state index in [0.29, 0.717) is 24.8 Å². The summed E-state index contributed by atoms with van der Waals surface area (Å²) in [6.07, 6.45) is 4.94. The van der Waals surface area contributed by atoms with E-state index in [1.54, 1.807) is 4.90 Å². The number of hydrogen-bond acceptors (Lipinski definition) is 3. The van der Waals surface area contributed by atoms with Gasteiger partial charge in [-0.25, -0.2) is 0 Å². The Balaban J connectivity index is 0.00000242. The molecule has 0 aromatic rings. The molecule has 0 spiro atoms. The Labute approximate surface area is 139 Å². The number of nitrogens with one attached hydrogen (secondary N) is 1. The van der Waals surface area contributed by atoms with Gasteiger partial charge in [0.2, 0.25) is 11.8 Å². The average molecular weight is 332 g/mol. The van der Waals surface area contributed by atoms with Crippen molar-refractivity contribution < 1.29 is 9.59 Å². The van der Waals surface area contributed by atoms with E-state index in [1.807, 2.05) is 0 Å². The van der Waals surface area contributed by atoms with Crippen molar-refractivity contribution in [3.63, 3.8) is 0 Å². The fourth-order valence-electron chi connectivity index (χ4n) is 2.95. The molecule has 0 radical (unpaired) electrons. The van der Waals surface area contributed by atoms with Crippen molar-refractivity contribution in [3.05, 3.63) is 0 Å². The molecule has 2 fully saturated rings. The summed E-state index contributed by atoms with van der Waals surface area (Å²) in [5.74, 6) is 1.15. The number of amides is 2. The molecule has 6 heteroatoms. The lowest BCUT2D eigenvalue weighted by atomic mass is 9.95. The van der Waals surface area contributed by atoms with Crippen molar-refractivity contribution >= 4 is 24.2 Å². The normalized spacial score (nSPS) is 22.9. The molecule has 128 valence electrons. The van der Waals surface area contributed by atoms with E-state index in [-0.39, 0.29) is 30.1 Å². The van der Waals surface area contributed by atoms with Gasteiger partial charge in [0, 0.05) is 19.6 Å². The number of hydrogen-bond donors (Lipinski definition) is 2. The van der Waals surface area contributed by atoms with Gasteiger partial charge < -0.3 is 16.0 Å². The molecule has 5 nitrogen and oxygen atoms in total. The van der Waals surface area contributed by atoms with Crippen LogP contribution in [0.5, 0.6) is 0 Å². The first-order chi connectivity index (χ1) is 9.97. The lowest BCUT2D eigenvalue weighted by Crippen LogP contribution is -2.51. The third-order valence-electron chi connectivity index (χ3n) is 4.41. The first-order valence-electron chi connectivity index (χ1n) is 8.29. The first kappa shape index (κ1) is 19.2. The summed E-state index contributed by atoms with van der Waals surface area (Å²) in [5, 5.41) is 3.03. The fourth-order valence-corrected chi connectivity index (χ4v) is 2.95. The van der Waals surface area contributed by atoms with Crippen LogP contribution in [0.1, 0.15) is 46.0 Å². The lowest BCUT2D eigenvalue weighted by molar-refractivity contribution is -0.137. The van der Waals surface area contributed by atoms with Gasteiger partial charge in [-0.3, -0.25) is 9.59 Å². The molecule has 2 aliphatic rings. The van der Waals surface area contributed by atoms with Crippen molar-refractivity contribution in [2.45, 2.75) is 52.0 Å². The molecule has 1 aliphatic carbocycles. The maximum atomic E-state index is 12.3. The topological polar surface area (TPSA) is 75.4 Å². The average Bonchev–Trinajstić information content (AvgIpc) is 3.27. The second-order valence-corrected chi connectivity index (χ2v) is 7.05. The Morgan fingerprint density at radius 3 is 2.55 bits per heavy atom. The number of carbonyl (C=O) groups excluding carboxylic acids is 2. The Kier molecular flexibility index (Phi) is 7.63. The van der Waals surface area contributed by atoms with Gasteiger partial charge in [0.1, 0.15) is 0 Å². The van der Waals surface area contributed by atoms with Crippen LogP contribution in [0.2, 0.25) is 0 Å². The zero-order chi connectivity index (χ0) is 15.4. The van der Waals surface area contributed by atoms with Crippen molar-refractivity contribution in [1.29, 1.82) is 0 Å². The molecule has 0 aromatic heterocycles. The van der Waals surface area contributed by atoms with Gasteiger partial charge in [0.25, 0.3) is 0 Å². The van der Waals surface area contributed by atoms with Crippen LogP contribution in [-0.4, -0.2) is 42.4 Å². The van der Waals surface area contributed by atoms with Gasteiger partial charge in [-0.1, -0.05) is 13.8 Å². The zero-order valence-electron chi connectivity index (χ0n) is 13.7. The minimum absolute atomic E-state index is 0. The smallest absolute Gasteiger partial charge is 0.239 e. The Bertz CT molecular complexity index is 386. The van der Waals surface area contributed by atoms with E-state index >= 15 is 0 Å². The zero-order valence-corrected chi connectivity index (χ0v) is 14.5. The van der Waals surface area contributed by atoms with Crippen LogP contribution in [-0.2, 0) is 9.59 Å². The van der Waals surface area contributed by atoms with E-state index in [4.69, 9.17) is 5.73 Å². The van der Waals surface area contributed by atoms with Crippen LogP contribution in [0, 0.1) is 17.8 Å². The molecule has 0 aromatic carbocycles. The van der Waals surface area contributed by atoms with Crippen LogP contribution in [0.4, 0.5) is 0 Å². The molecule has 2 rings (SSSR count). The van der Waals surface area contributed by atoms with Gasteiger partial charge >= 0.3 is 0 Å². The summed E-state index contributed by atoms with van der Waals surface area (Å²) in [4.78, 5) is 26.3. The summed E-state index contributed by atoms with van der Waals surface area (Å²) < 4.78 is 0. The Morgan fingerprint density at radius 1 is 1.27 bits per heavy atom. The molecule has 1 saturated heterocycles. The SMILES string of the molecule is CC(C)C[C@H](N)C(=O)N1CCCC(C(=O)NCC2CC2)C1.Cl. The molecular weight excluding hydrogens is 302 g/mol. The predicted octanol–water partition coefficient (Wildman–Crippen LogP) is 1.55. The van der Waals surface area contributed by atoms with Crippen molar-refractivity contribution in [2.24, 2.45) is 23.5 Å². The highest BCUT2D eigenvalue weighted by molar-refractivity contribution is 5.85. The number of likely N-dealkylation sites (tertiary alicyclic amines) is 1. The summed E-state index contributed by atoms with van der Waals surface area (Å²) in [6.45, 7) is 6.20. The number of rotatable bonds is 6. The van der Waals surface area contributed by atoms with E-state index in [2.05, 4.69) is 19.2 Å². The minimum atomic E-state index is -0.432. The molecule has 22 heavy (non-hydrogen) atoms. The predicted molar refractivity (Wildman–Crippen MR) is 89.7 cm³/mol. The fraction of sp³-hybridized carbons (Fsp3) is 0.875. The highest BCUT2D eigenvalue weighted by Crippen LogP contribution is 2.28.